The molecule has 0 aliphatic heterocycles. The highest BCUT2D eigenvalue weighted by atomic mass is 32.2. The molecular weight excluding hydrogens is 210 g/mol. The number of hydrogen-bond donors (Lipinski definition) is 1. The SMILES string of the molecule is COC(=O)c1cnc(NS(=O)[O-])nc1. The predicted octanol–water partition coefficient (Wildman–Crippen LogP) is -0.531. The minimum atomic E-state index is -2.48. The minimum Gasteiger partial charge on any atom is -0.755 e. The van der Waals surface area contributed by atoms with Gasteiger partial charge in [-0.3, -0.25) is 8.93 Å². The van der Waals surface area contributed by atoms with E-state index in [9.17, 15) is 13.6 Å². The summed E-state index contributed by atoms with van der Waals surface area (Å²) in [4.78, 5) is 18.0. The first kappa shape index (κ1) is 10.5. The lowest BCUT2D eigenvalue weighted by molar-refractivity contribution is 0.0600. The average molecular weight is 216 g/mol. The molecule has 0 saturated heterocycles. The first-order valence-corrected chi connectivity index (χ1v) is 4.47. The van der Waals surface area contributed by atoms with Crippen molar-refractivity contribution in [1.82, 2.24) is 9.97 Å². The van der Waals surface area contributed by atoms with E-state index in [1.807, 2.05) is 4.72 Å². The molecule has 14 heavy (non-hydrogen) atoms. The maximum absolute atomic E-state index is 10.9. The lowest BCUT2D eigenvalue weighted by Crippen LogP contribution is -2.08. The van der Waals surface area contributed by atoms with E-state index in [1.165, 1.54) is 7.11 Å². The van der Waals surface area contributed by atoms with Crippen LogP contribution >= 0.6 is 0 Å². The van der Waals surface area contributed by atoms with E-state index in [-0.39, 0.29) is 11.5 Å². The molecule has 7 nitrogen and oxygen atoms in total. The molecule has 0 saturated carbocycles. The Morgan fingerprint density at radius 2 is 2.14 bits per heavy atom. The van der Waals surface area contributed by atoms with Crippen LogP contribution in [0.3, 0.4) is 0 Å². The van der Waals surface area contributed by atoms with Gasteiger partial charge in [0, 0.05) is 23.7 Å². The lowest BCUT2D eigenvalue weighted by Gasteiger charge is -2.05. The molecule has 0 aromatic carbocycles. The first-order valence-electron chi connectivity index (χ1n) is 3.39. The molecule has 0 fully saturated rings. The molecule has 1 unspecified atom stereocenters. The van der Waals surface area contributed by atoms with Gasteiger partial charge in [-0.2, -0.15) is 0 Å². The lowest BCUT2D eigenvalue weighted by atomic mass is 10.3. The number of nitrogens with one attached hydrogen (secondary N) is 1. The summed E-state index contributed by atoms with van der Waals surface area (Å²) in [6, 6.07) is 0. The van der Waals surface area contributed by atoms with Crippen molar-refractivity contribution < 1.29 is 18.3 Å². The Bertz CT molecular complexity index is 353. The summed E-state index contributed by atoms with van der Waals surface area (Å²) < 4.78 is 26.6. The monoisotopic (exact) mass is 216 g/mol. The summed E-state index contributed by atoms with van der Waals surface area (Å²) in [5, 5.41) is 0. The zero-order chi connectivity index (χ0) is 10.6. The first-order chi connectivity index (χ1) is 6.63. The molecule has 0 bridgehead atoms. The number of nitrogens with zero attached hydrogens (tertiary/aromatic N) is 2. The topological polar surface area (TPSA) is 104 Å². The summed E-state index contributed by atoms with van der Waals surface area (Å²) >= 11 is -2.48. The number of rotatable bonds is 3. The summed E-state index contributed by atoms with van der Waals surface area (Å²) in [6.45, 7) is 0. The molecular formula is C6H6N3O4S-. The molecule has 1 rings (SSSR count). The molecule has 76 valence electrons. The molecule has 0 spiro atoms. The maximum Gasteiger partial charge on any atom is 0.341 e. The van der Waals surface area contributed by atoms with Crippen LogP contribution in [-0.4, -0.2) is 31.8 Å². The van der Waals surface area contributed by atoms with Gasteiger partial charge in [0.05, 0.1) is 12.7 Å². The van der Waals surface area contributed by atoms with Gasteiger partial charge in [0.25, 0.3) is 0 Å². The van der Waals surface area contributed by atoms with Crippen LogP contribution in [0.4, 0.5) is 5.95 Å². The Morgan fingerprint density at radius 3 is 2.57 bits per heavy atom. The fourth-order valence-corrected chi connectivity index (χ4v) is 0.933. The van der Waals surface area contributed by atoms with Crippen LogP contribution < -0.4 is 4.72 Å². The second-order valence-corrected chi connectivity index (χ2v) is 2.80. The third-order valence-corrected chi connectivity index (χ3v) is 1.60. The summed E-state index contributed by atoms with van der Waals surface area (Å²) in [5.41, 5.74) is 0.148. The van der Waals surface area contributed by atoms with Crippen molar-refractivity contribution >= 4 is 23.2 Å². The third kappa shape index (κ3) is 2.75. The number of ether oxygens (including phenoxy) is 1. The van der Waals surface area contributed by atoms with Crippen molar-refractivity contribution in [3.8, 4) is 0 Å². The van der Waals surface area contributed by atoms with Gasteiger partial charge in [0.1, 0.15) is 0 Å². The molecule has 1 heterocycles. The largest absolute Gasteiger partial charge is 0.755 e. The van der Waals surface area contributed by atoms with Gasteiger partial charge in [-0.1, -0.05) is 0 Å². The standard InChI is InChI=1S/C6H7N3O4S/c1-13-5(10)4-2-7-6(8-3-4)9-14(11)12/h2-3H,1H3,(H,11,12)(H,7,8,9)/p-1. The van der Waals surface area contributed by atoms with Crippen LogP contribution in [0.1, 0.15) is 10.4 Å². The predicted molar refractivity (Wildman–Crippen MR) is 45.9 cm³/mol. The van der Waals surface area contributed by atoms with Gasteiger partial charge in [0.15, 0.2) is 0 Å². The number of esters is 1. The minimum absolute atomic E-state index is 0.106. The van der Waals surface area contributed by atoms with Gasteiger partial charge >= 0.3 is 5.97 Å². The smallest absolute Gasteiger partial charge is 0.341 e. The second kappa shape index (κ2) is 4.63. The normalized spacial score (nSPS) is 11.9. The third-order valence-electron chi connectivity index (χ3n) is 1.25. The van der Waals surface area contributed by atoms with Crippen LogP contribution in [0.5, 0.6) is 0 Å². The molecule has 0 aliphatic carbocycles. The fourth-order valence-electron chi connectivity index (χ4n) is 0.679. The van der Waals surface area contributed by atoms with E-state index in [1.54, 1.807) is 0 Å². The molecule has 0 aliphatic rings. The molecule has 1 atom stereocenters. The van der Waals surface area contributed by atoms with Crippen molar-refractivity contribution in [1.29, 1.82) is 0 Å². The van der Waals surface area contributed by atoms with Gasteiger partial charge in [-0.15, -0.1) is 0 Å². The zero-order valence-corrected chi connectivity index (χ0v) is 7.91. The van der Waals surface area contributed by atoms with Gasteiger partial charge in [-0.25, -0.2) is 14.8 Å². The second-order valence-electron chi connectivity index (χ2n) is 2.12. The van der Waals surface area contributed by atoms with Crippen molar-refractivity contribution in [2.24, 2.45) is 0 Å². The van der Waals surface area contributed by atoms with Crippen LogP contribution in [-0.2, 0) is 16.0 Å². The number of hydrogen-bond acceptors (Lipinski definition) is 6. The van der Waals surface area contributed by atoms with Crippen LogP contribution in [0.15, 0.2) is 12.4 Å². The van der Waals surface area contributed by atoms with Gasteiger partial charge in [-0.05, 0) is 0 Å². The summed E-state index contributed by atoms with van der Waals surface area (Å²) in [5.74, 6) is -0.689. The van der Waals surface area contributed by atoms with E-state index in [0.29, 0.717) is 0 Å². The van der Waals surface area contributed by atoms with Gasteiger partial charge < -0.3 is 9.29 Å². The number of aromatic nitrogens is 2. The van der Waals surface area contributed by atoms with E-state index in [4.69, 9.17) is 0 Å². The molecule has 1 aromatic heterocycles. The highest BCUT2D eigenvalue weighted by Gasteiger charge is 2.05. The van der Waals surface area contributed by atoms with Crippen molar-refractivity contribution in [3.63, 3.8) is 0 Å². The summed E-state index contributed by atoms with van der Waals surface area (Å²) in [6.07, 6.45) is 2.32. The van der Waals surface area contributed by atoms with Gasteiger partial charge in [0.2, 0.25) is 5.95 Å². The number of methoxy groups -OCH3 is 1. The fraction of sp³-hybridized carbons (Fsp3) is 0.167. The zero-order valence-electron chi connectivity index (χ0n) is 7.09. The van der Waals surface area contributed by atoms with E-state index in [2.05, 4.69) is 14.7 Å². The van der Waals surface area contributed by atoms with Crippen molar-refractivity contribution in [2.75, 3.05) is 11.8 Å². The van der Waals surface area contributed by atoms with E-state index < -0.39 is 17.2 Å². The maximum atomic E-state index is 10.9. The van der Waals surface area contributed by atoms with Crippen LogP contribution in [0, 0.1) is 0 Å². The molecule has 1 N–H and O–H groups in total. The Morgan fingerprint density at radius 1 is 1.57 bits per heavy atom. The Hall–Kier alpha value is -1.54. The molecule has 0 radical (unpaired) electrons. The number of anilines is 1. The van der Waals surface area contributed by atoms with Crippen LogP contribution in [0.2, 0.25) is 0 Å². The Balaban J connectivity index is 2.78. The number of carbonyl (C=O) groups excluding carboxylic acids is 1. The van der Waals surface area contributed by atoms with Crippen molar-refractivity contribution in [3.05, 3.63) is 18.0 Å². The Labute approximate surface area is 81.9 Å². The quantitative estimate of drug-likeness (QED) is 0.538. The van der Waals surface area contributed by atoms with Crippen molar-refractivity contribution in [2.45, 2.75) is 0 Å². The van der Waals surface area contributed by atoms with E-state index in [0.717, 1.165) is 12.4 Å². The average Bonchev–Trinajstić information content (AvgIpc) is 2.17. The Kier molecular flexibility index (Phi) is 3.48. The number of carbonyl (C=O) groups is 1. The highest BCUT2D eigenvalue weighted by Crippen LogP contribution is 2.01. The van der Waals surface area contributed by atoms with E-state index >= 15 is 0 Å². The highest BCUT2D eigenvalue weighted by molar-refractivity contribution is 7.80. The molecule has 0 amide bonds. The summed E-state index contributed by atoms with van der Waals surface area (Å²) in [7, 11) is 1.22. The molecule has 8 heteroatoms. The molecule has 1 aromatic rings. The van der Waals surface area contributed by atoms with Crippen LogP contribution in [0.25, 0.3) is 0 Å².